The fourth-order valence-electron chi connectivity index (χ4n) is 4.08. The molecule has 2 unspecified atom stereocenters. The highest BCUT2D eigenvalue weighted by Crippen LogP contribution is 2.48. The molecular formula is C24H34NOP. The van der Waals surface area contributed by atoms with Gasteiger partial charge in [0.25, 0.3) is 0 Å². The summed E-state index contributed by atoms with van der Waals surface area (Å²) in [7, 11) is 0.648. The molecule has 0 aliphatic carbocycles. The lowest BCUT2D eigenvalue weighted by molar-refractivity contribution is 0.221. The van der Waals surface area contributed by atoms with Crippen molar-refractivity contribution in [2.45, 2.75) is 65.1 Å². The van der Waals surface area contributed by atoms with Crippen molar-refractivity contribution in [3.63, 3.8) is 0 Å². The summed E-state index contributed by atoms with van der Waals surface area (Å²) in [5, 5.41) is 12.1. The Morgan fingerprint density at radius 2 is 1.81 bits per heavy atom. The summed E-state index contributed by atoms with van der Waals surface area (Å²) in [5.41, 5.74) is 4.87. The van der Waals surface area contributed by atoms with Gasteiger partial charge < -0.3 is 5.11 Å². The van der Waals surface area contributed by atoms with E-state index in [1.54, 1.807) is 0 Å². The SMILES string of the molecule is CCC(C)(Pc1ccc(C)cc1CN1CCCCC1)c1cccc(C)c1O. The molecule has 0 aromatic heterocycles. The summed E-state index contributed by atoms with van der Waals surface area (Å²) in [6.07, 6.45) is 5.04. The first kappa shape index (κ1) is 20.4. The van der Waals surface area contributed by atoms with E-state index in [0.717, 1.165) is 24.1 Å². The lowest BCUT2D eigenvalue weighted by Crippen LogP contribution is -2.31. The molecule has 2 aromatic rings. The van der Waals surface area contributed by atoms with E-state index in [9.17, 15) is 5.11 Å². The number of aryl methyl sites for hydroxylation is 2. The fourth-order valence-corrected chi connectivity index (χ4v) is 5.67. The highest BCUT2D eigenvalue weighted by Gasteiger charge is 2.29. The summed E-state index contributed by atoms with van der Waals surface area (Å²) in [6, 6.07) is 13.1. The number of likely N-dealkylation sites (tertiary alicyclic amines) is 1. The standard InChI is InChI=1S/C24H34NOP/c1-5-24(4,21-11-9-10-19(3)23(21)26)27-22-13-12-18(2)16-20(22)17-25-14-7-6-8-15-25/h9-13,16,26-27H,5-8,14-15,17H2,1-4H3. The highest BCUT2D eigenvalue weighted by molar-refractivity contribution is 7.48. The molecule has 27 heavy (non-hydrogen) atoms. The van der Waals surface area contributed by atoms with Crippen molar-refractivity contribution in [2.24, 2.45) is 0 Å². The number of nitrogens with zero attached hydrogens (tertiary/aromatic N) is 1. The molecule has 1 heterocycles. The van der Waals surface area contributed by atoms with Gasteiger partial charge in [-0.25, -0.2) is 0 Å². The number of phenols is 1. The average molecular weight is 384 g/mol. The average Bonchev–Trinajstić information content (AvgIpc) is 2.67. The van der Waals surface area contributed by atoms with Crippen LogP contribution in [0.2, 0.25) is 0 Å². The molecule has 0 spiro atoms. The zero-order valence-corrected chi connectivity index (χ0v) is 18.3. The lowest BCUT2D eigenvalue weighted by Gasteiger charge is -2.32. The van der Waals surface area contributed by atoms with Gasteiger partial charge in [0, 0.05) is 17.3 Å². The Morgan fingerprint density at radius 1 is 1.07 bits per heavy atom. The number of aromatic hydroxyl groups is 1. The topological polar surface area (TPSA) is 23.5 Å². The van der Waals surface area contributed by atoms with Crippen LogP contribution < -0.4 is 5.30 Å². The molecule has 1 fully saturated rings. The maximum atomic E-state index is 10.7. The molecule has 1 aliphatic heterocycles. The number of rotatable bonds is 6. The zero-order valence-electron chi connectivity index (χ0n) is 17.3. The van der Waals surface area contributed by atoms with Gasteiger partial charge in [-0.3, -0.25) is 4.90 Å². The lowest BCUT2D eigenvalue weighted by atomic mass is 9.94. The third-order valence-corrected chi connectivity index (χ3v) is 7.99. The molecule has 0 saturated carbocycles. The van der Waals surface area contributed by atoms with Crippen LogP contribution in [0.25, 0.3) is 0 Å². The largest absolute Gasteiger partial charge is 0.507 e. The second-order valence-corrected chi connectivity index (χ2v) is 10.2. The van der Waals surface area contributed by atoms with Crippen LogP contribution >= 0.6 is 8.58 Å². The Balaban J connectivity index is 1.91. The first-order valence-corrected chi connectivity index (χ1v) is 11.3. The number of phenolic OH excluding ortho intramolecular Hbond substituents is 1. The van der Waals surface area contributed by atoms with Crippen molar-refractivity contribution in [3.05, 3.63) is 58.7 Å². The zero-order chi connectivity index (χ0) is 19.4. The van der Waals surface area contributed by atoms with Crippen LogP contribution in [-0.4, -0.2) is 23.1 Å². The molecule has 1 aliphatic rings. The van der Waals surface area contributed by atoms with E-state index in [1.807, 2.05) is 13.0 Å². The molecule has 146 valence electrons. The van der Waals surface area contributed by atoms with Gasteiger partial charge in [-0.05, 0) is 62.6 Å². The molecule has 0 radical (unpaired) electrons. The Kier molecular flexibility index (Phi) is 6.61. The van der Waals surface area contributed by atoms with E-state index in [2.05, 4.69) is 56.0 Å². The predicted molar refractivity (Wildman–Crippen MR) is 119 cm³/mol. The number of piperidine rings is 1. The molecule has 0 bridgehead atoms. The van der Waals surface area contributed by atoms with Gasteiger partial charge in [0.05, 0.1) is 0 Å². The van der Waals surface area contributed by atoms with Crippen LogP contribution in [0.1, 0.15) is 61.8 Å². The van der Waals surface area contributed by atoms with Gasteiger partial charge in [-0.2, -0.15) is 0 Å². The van der Waals surface area contributed by atoms with Gasteiger partial charge in [0.1, 0.15) is 5.75 Å². The third-order valence-electron chi connectivity index (χ3n) is 6.05. The first-order valence-electron chi connectivity index (χ1n) is 10.3. The predicted octanol–water partition coefficient (Wildman–Crippen LogP) is 5.62. The summed E-state index contributed by atoms with van der Waals surface area (Å²) < 4.78 is 0. The number of hydrogen-bond acceptors (Lipinski definition) is 2. The van der Waals surface area contributed by atoms with Gasteiger partial charge >= 0.3 is 0 Å². The van der Waals surface area contributed by atoms with Crippen molar-refractivity contribution in [1.29, 1.82) is 0 Å². The number of para-hydroxylation sites is 1. The first-order chi connectivity index (χ1) is 12.9. The Bertz CT molecular complexity index is 782. The second-order valence-electron chi connectivity index (χ2n) is 8.28. The maximum absolute atomic E-state index is 10.7. The van der Waals surface area contributed by atoms with Gasteiger partial charge in [-0.15, -0.1) is 0 Å². The van der Waals surface area contributed by atoms with Gasteiger partial charge in [0.15, 0.2) is 0 Å². The molecule has 2 aromatic carbocycles. The number of hydrogen-bond donors (Lipinski definition) is 1. The molecule has 2 atom stereocenters. The minimum atomic E-state index is -0.0397. The van der Waals surface area contributed by atoms with Gasteiger partial charge in [0.2, 0.25) is 0 Å². The Labute approximate surface area is 166 Å². The maximum Gasteiger partial charge on any atom is 0.122 e. The molecule has 1 saturated heterocycles. The van der Waals surface area contributed by atoms with Crippen molar-refractivity contribution in [2.75, 3.05) is 13.1 Å². The molecule has 3 heteroatoms. The van der Waals surface area contributed by atoms with Crippen LogP contribution in [0.15, 0.2) is 36.4 Å². The molecule has 0 amide bonds. The van der Waals surface area contributed by atoms with Crippen molar-refractivity contribution in [3.8, 4) is 5.75 Å². The fraction of sp³-hybridized carbons (Fsp3) is 0.500. The molecule has 3 rings (SSSR count). The summed E-state index contributed by atoms with van der Waals surface area (Å²) in [4.78, 5) is 2.61. The minimum absolute atomic E-state index is 0.0397. The van der Waals surface area contributed by atoms with E-state index >= 15 is 0 Å². The normalized spacial score (nSPS) is 18.1. The van der Waals surface area contributed by atoms with E-state index in [4.69, 9.17) is 0 Å². The van der Waals surface area contributed by atoms with E-state index < -0.39 is 0 Å². The van der Waals surface area contributed by atoms with E-state index in [0.29, 0.717) is 14.3 Å². The Hall–Kier alpha value is -1.37. The summed E-state index contributed by atoms with van der Waals surface area (Å²) in [6.45, 7) is 12.2. The van der Waals surface area contributed by atoms with Crippen LogP contribution in [-0.2, 0) is 11.7 Å². The Morgan fingerprint density at radius 3 is 2.52 bits per heavy atom. The molecular weight excluding hydrogens is 349 g/mol. The highest BCUT2D eigenvalue weighted by atomic mass is 31.1. The van der Waals surface area contributed by atoms with E-state index in [1.165, 1.54) is 48.8 Å². The van der Waals surface area contributed by atoms with Crippen LogP contribution in [0.5, 0.6) is 5.75 Å². The van der Waals surface area contributed by atoms with Crippen LogP contribution in [0.3, 0.4) is 0 Å². The van der Waals surface area contributed by atoms with E-state index in [-0.39, 0.29) is 5.16 Å². The quantitative estimate of drug-likeness (QED) is 0.654. The summed E-state index contributed by atoms with van der Waals surface area (Å²) >= 11 is 0. The smallest absolute Gasteiger partial charge is 0.122 e. The van der Waals surface area contributed by atoms with Crippen molar-refractivity contribution in [1.82, 2.24) is 4.90 Å². The minimum Gasteiger partial charge on any atom is -0.507 e. The van der Waals surface area contributed by atoms with Crippen LogP contribution in [0, 0.1) is 13.8 Å². The third kappa shape index (κ3) is 4.73. The van der Waals surface area contributed by atoms with Crippen LogP contribution in [0.4, 0.5) is 0 Å². The second kappa shape index (κ2) is 8.76. The monoisotopic (exact) mass is 383 g/mol. The summed E-state index contributed by atoms with van der Waals surface area (Å²) in [5.74, 6) is 0.471. The molecule has 1 N–H and O–H groups in total. The number of benzene rings is 2. The molecule has 2 nitrogen and oxygen atoms in total. The van der Waals surface area contributed by atoms with Crippen molar-refractivity contribution < 1.29 is 5.11 Å². The van der Waals surface area contributed by atoms with Gasteiger partial charge in [-0.1, -0.05) is 70.8 Å². The van der Waals surface area contributed by atoms with Crippen molar-refractivity contribution >= 4 is 13.9 Å².